The van der Waals surface area contributed by atoms with Crippen LogP contribution in [0.1, 0.15) is 133 Å². The molecule has 0 bridgehead atoms. The molecular weight excluding hydrogens is 609 g/mol. The van der Waals surface area contributed by atoms with E-state index in [4.69, 9.17) is 9.16 Å². The van der Waals surface area contributed by atoms with Gasteiger partial charge < -0.3 is 14.3 Å². The lowest BCUT2D eigenvalue weighted by atomic mass is 9.33. The van der Waals surface area contributed by atoms with Gasteiger partial charge in [0, 0.05) is 0 Å². The quantitative estimate of drug-likeness (QED) is 0.192. The summed E-state index contributed by atoms with van der Waals surface area (Å²) in [6.07, 6.45) is 11.4. The van der Waals surface area contributed by atoms with Crippen LogP contribution in [-0.2, 0) is 20.6 Å². The minimum atomic E-state index is -2.09. The normalized spacial score (nSPS) is 41.9. The topological polar surface area (TPSA) is 55.8 Å². The molecule has 5 aliphatic carbocycles. The van der Waals surface area contributed by atoms with Crippen molar-refractivity contribution in [3.8, 4) is 0 Å². The van der Waals surface area contributed by atoms with Gasteiger partial charge in [-0.15, -0.1) is 0 Å². The van der Waals surface area contributed by atoms with Crippen LogP contribution in [-0.4, -0.2) is 31.6 Å². The van der Waals surface area contributed by atoms with Gasteiger partial charge in [-0.25, -0.2) is 0 Å². The van der Waals surface area contributed by atoms with Crippen molar-refractivity contribution in [3.63, 3.8) is 0 Å². The van der Waals surface area contributed by atoms with E-state index in [9.17, 15) is 9.90 Å². The maximum Gasteiger partial charge on any atom is 0.313 e. The molecule has 1 aromatic rings. The Labute approximate surface area is 294 Å². The molecule has 1 unspecified atom stereocenters. The molecule has 6 rings (SSSR count). The molecule has 0 aromatic heterocycles. The molecule has 5 aliphatic rings. The summed E-state index contributed by atoms with van der Waals surface area (Å²) in [5.41, 5.74) is 2.38. The van der Waals surface area contributed by atoms with Crippen LogP contribution in [0.3, 0.4) is 0 Å². The number of fused-ring (bicyclic) bond motifs is 7. The van der Waals surface area contributed by atoms with Crippen LogP contribution in [0.5, 0.6) is 0 Å². The molecule has 0 saturated heterocycles. The predicted octanol–water partition coefficient (Wildman–Crippen LogP) is 10.9. The third kappa shape index (κ3) is 5.37. The van der Waals surface area contributed by atoms with E-state index in [-0.39, 0.29) is 50.1 Å². The maximum atomic E-state index is 14.4. The van der Waals surface area contributed by atoms with E-state index in [1.165, 1.54) is 6.42 Å². The molecular formula is C43H68O4Si. The molecule has 4 saturated carbocycles. The Hall–Kier alpha value is -1.43. The van der Waals surface area contributed by atoms with Crippen LogP contribution in [0.2, 0.25) is 18.1 Å². The van der Waals surface area contributed by atoms with Gasteiger partial charge in [0.15, 0.2) is 8.32 Å². The molecule has 268 valence electrons. The van der Waals surface area contributed by atoms with E-state index in [0.717, 1.165) is 56.9 Å². The number of rotatable bonds is 5. The first-order valence-electron chi connectivity index (χ1n) is 19.3. The first-order valence-corrected chi connectivity index (χ1v) is 22.2. The van der Waals surface area contributed by atoms with Crippen molar-refractivity contribution in [1.29, 1.82) is 0 Å². The number of carbonyl (C=O) groups is 1. The fourth-order valence-electron chi connectivity index (χ4n) is 12.2. The average molecular weight is 677 g/mol. The van der Waals surface area contributed by atoms with Crippen LogP contribution in [0, 0.1) is 50.2 Å². The summed E-state index contributed by atoms with van der Waals surface area (Å²) in [4.78, 5) is 14.4. The predicted molar refractivity (Wildman–Crippen MR) is 199 cm³/mol. The molecule has 0 heterocycles. The third-order valence-electron chi connectivity index (χ3n) is 16.4. The van der Waals surface area contributed by atoms with E-state index in [2.05, 4.69) is 101 Å². The van der Waals surface area contributed by atoms with Gasteiger partial charge in [-0.1, -0.05) is 111 Å². The molecule has 0 amide bonds. The second-order valence-electron chi connectivity index (χ2n) is 20.8. The summed E-state index contributed by atoms with van der Waals surface area (Å²) in [7, 11) is -2.09. The maximum absolute atomic E-state index is 14.4. The smallest absolute Gasteiger partial charge is 0.313 e. The first-order chi connectivity index (χ1) is 22.0. The van der Waals surface area contributed by atoms with E-state index >= 15 is 0 Å². The van der Waals surface area contributed by atoms with Gasteiger partial charge in [0.25, 0.3) is 0 Å². The molecule has 1 aromatic carbocycles. The van der Waals surface area contributed by atoms with Gasteiger partial charge in [-0.3, -0.25) is 4.79 Å². The standard InChI is InChI=1S/C43H68O4Si/c1-37(2,3)48(11,12)47-32-27-40(8)33(39(6,7)35(32)44)20-21-42(10)34(40)19-18-30-31-26-38(4,5)22-24-43(31,25-23-41(30,42)9)36(45)46-28-29-16-14-13-15-17-29/h13-18,31-35,44H,19-28H2,1-12H3/t31-,32-,33-,34+,35?,40-,41+,42+,43-/m0/s1. The van der Waals surface area contributed by atoms with Crippen molar-refractivity contribution in [1.82, 2.24) is 0 Å². The Kier molecular flexibility index (Phi) is 8.74. The fraction of sp³-hybridized carbons (Fsp3) is 0.791. The lowest BCUT2D eigenvalue weighted by molar-refractivity contribution is -0.229. The van der Waals surface area contributed by atoms with E-state index in [1.807, 2.05) is 18.2 Å². The summed E-state index contributed by atoms with van der Waals surface area (Å²) >= 11 is 0. The zero-order valence-corrected chi connectivity index (χ0v) is 33.6. The summed E-state index contributed by atoms with van der Waals surface area (Å²) < 4.78 is 13.4. The summed E-state index contributed by atoms with van der Waals surface area (Å²) in [5, 5.41) is 12.1. The fourth-order valence-corrected chi connectivity index (χ4v) is 13.6. The minimum Gasteiger partial charge on any atom is -0.460 e. The molecule has 48 heavy (non-hydrogen) atoms. The second-order valence-corrected chi connectivity index (χ2v) is 25.6. The highest BCUT2D eigenvalue weighted by Gasteiger charge is 2.70. The number of hydrogen-bond donors (Lipinski definition) is 1. The minimum absolute atomic E-state index is 0.0290. The van der Waals surface area contributed by atoms with Crippen LogP contribution >= 0.6 is 0 Å². The molecule has 0 aliphatic heterocycles. The molecule has 0 radical (unpaired) electrons. The van der Waals surface area contributed by atoms with Crippen LogP contribution in [0.4, 0.5) is 0 Å². The van der Waals surface area contributed by atoms with Crippen LogP contribution in [0.15, 0.2) is 42.0 Å². The van der Waals surface area contributed by atoms with Gasteiger partial charge in [0.05, 0.1) is 17.6 Å². The Morgan fingerprint density at radius 1 is 0.896 bits per heavy atom. The monoisotopic (exact) mass is 676 g/mol. The highest BCUT2D eigenvalue weighted by atomic mass is 28.4. The van der Waals surface area contributed by atoms with Crippen molar-refractivity contribution >= 4 is 14.3 Å². The molecule has 1 N–H and O–H groups in total. The number of aliphatic hydroxyl groups is 1. The van der Waals surface area contributed by atoms with Gasteiger partial charge in [0.2, 0.25) is 0 Å². The summed E-state index contributed by atoms with van der Waals surface area (Å²) in [5.74, 6) is 1.21. The van der Waals surface area contributed by atoms with Gasteiger partial charge in [0.1, 0.15) is 6.61 Å². The molecule has 0 spiro atoms. The molecule has 5 heteroatoms. The Balaban J connectivity index is 1.36. The third-order valence-corrected chi connectivity index (χ3v) is 20.9. The summed E-state index contributed by atoms with van der Waals surface area (Å²) in [6, 6.07) is 10.2. The van der Waals surface area contributed by atoms with E-state index < -0.39 is 19.8 Å². The van der Waals surface area contributed by atoms with Gasteiger partial charge >= 0.3 is 5.97 Å². The van der Waals surface area contributed by atoms with Crippen molar-refractivity contribution in [3.05, 3.63) is 47.5 Å². The SMILES string of the molecule is CC1(C)CC[C@]2(C(=O)OCc3ccccc3)CC[C@]3(C)C(=CC[C@@H]4[C@@]5(C)C[C@H](O[Si](C)(C)C(C)(C)C)C(O)C(C)(C)[C@@H]5CC[C@]43C)[C@@H]2C1. The van der Waals surface area contributed by atoms with Crippen LogP contribution in [0.25, 0.3) is 0 Å². The first kappa shape index (κ1) is 36.4. The van der Waals surface area contributed by atoms with Crippen LogP contribution < -0.4 is 0 Å². The second kappa shape index (κ2) is 11.5. The van der Waals surface area contributed by atoms with Crippen molar-refractivity contribution in [2.75, 3.05) is 0 Å². The zero-order chi connectivity index (χ0) is 35.3. The van der Waals surface area contributed by atoms with E-state index in [0.29, 0.717) is 18.4 Å². The molecule has 4 nitrogen and oxygen atoms in total. The Morgan fingerprint density at radius 3 is 2.19 bits per heavy atom. The number of benzene rings is 1. The zero-order valence-electron chi connectivity index (χ0n) is 32.6. The van der Waals surface area contributed by atoms with Crippen molar-refractivity contribution < 1.29 is 19.1 Å². The van der Waals surface area contributed by atoms with E-state index in [1.54, 1.807) is 5.57 Å². The Morgan fingerprint density at radius 2 is 1.54 bits per heavy atom. The average Bonchev–Trinajstić information content (AvgIpc) is 2.98. The number of allylic oxidation sites excluding steroid dienone is 2. The molecule has 9 atom stereocenters. The molecule has 4 fully saturated rings. The van der Waals surface area contributed by atoms with Crippen molar-refractivity contribution in [2.24, 2.45) is 50.2 Å². The number of carbonyl (C=O) groups excluding carboxylic acids is 1. The largest absolute Gasteiger partial charge is 0.460 e. The lowest BCUT2D eigenvalue weighted by Crippen LogP contribution is -2.68. The lowest BCUT2D eigenvalue weighted by Gasteiger charge is -2.72. The number of hydrogen-bond acceptors (Lipinski definition) is 4. The number of ether oxygens (including phenoxy) is 1. The number of aliphatic hydroxyl groups excluding tert-OH is 1. The number of esters is 1. The van der Waals surface area contributed by atoms with Gasteiger partial charge in [-0.2, -0.15) is 0 Å². The van der Waals surface area contributed by atoms with Crippen molar-refractivity contribution in [2.45, 2.75) is 164 Å². The highest BCUT2D eigenvalue weighted by Crippen LogP contribution is 2.76. The summed E-state index contributed by atoms with van der Waals surface area (Å²) in [6.45, 7) is 29.2. The Bertz CT molecular complexity index is 1420. The van der Waals surface area contributed by atoms with Gasteiger partial charge in [-0.05, 0) is 126 Å². The highest BCUT2D eigenvalue weighted by molar-refractivity contribution is 6.74.